The fourth-order valence-corrected chi connectivity index (χ4v) is 3.80. The molecule has 2 aliphatic carbocycles. The van der Waals surface area contributed by atoms with Crippen molar-refractivity contribution in [2.45, 2.75) is 70.0 Å². The van der Waals surface area contributed by atoms with E-state index in [1.807, 2.05) is 0 Å². The van der Waals surface area contributed by atoms with E-state index in [1.54, 1.807) is 0 Å². The first-order chi connectivity index (χ1) is 10.2. The normalized spacial score (nSPS) is 20.6. The van der Waals surface area contributed by atoms with Crippen LogP contribution in [0.25, 0.3) is 0 Å². The van der Waals surface area contributed by atoms with Crippen LogP contribution in [0.2, 0.25) is 0 Å². The average molecular weight is 291 g/mol. The lowest BCUT2D eigenvalue weighted by Gasteiger charge is -2.26. The van der Waals surface area contributed by atoms with Crippen molar-refractivity contribution in [2.24, 2.45) is 0 Å². The lowest BCUT2D eigenvalue weighted by Crippen LogP contribution is -2.37. The van der Waals surface area contributed by atoms with Crippen LogP contribution in [0.5, 0.6) is 0 Å². The molecule has 3 rings (SSSR count). The van der Waals surface area contributed by atoms with E-state index in [1.165, 1.54) is 38.5 Å². The standard InChI is InChI=1S/C16H25N3O2/c20-16(21)12-18(14-5-1-2-6-14)11-13-9-10-19(17-13)15-7-3-4-8-15/h9-10,14-15H,1-8,11-12H2,(H,20,21). The molecule has 0 unspecified atom stereocenters. The highest BCUT2D eigenvalue weighted by Gasteiger charge is 2.25. The highest BCUT2D eigenvalue weighted by atomic mass is 16.4. The molecule has 2 fully saturated rings. The summed E-state index contributed by atoms with van der Waals surface area (Å²) in [6.45, 7) is 0.789. The molecule has 5 heteroatoms. The number of aliphatic carboxylic acids is 1. The number of carbonyl (C=O) groups is 1. The van der Waals surface area contributed by atoms with Gasteiger partial charge in [0.2, 0.25) is 0 Å². The summed E-state index contributed by atoms with van der Waals surface area (Å²) in [5, 5.41) is 13.8. The van der Waals surface area contributed by atoms with E-state index in [0.29, 0.717) is 18.6 Å². The summed E-state index contributed by atoms with van der Waals surface area (Å²) in [4.78, 5) is 13.2. The molecule has 0 bridgehead atoms. The van der Waals surface area contributed by atoms with Gasteiger partial charge in [0.1, 0.15) is 0 Å². The highest BCUT2D eigenvalue weighted by Crippen LogP contribution is 2.29. The Hall–Kier alpha value is -1.36. The topological polar surface area (TPSA) is 58.4 Å². The molecule has 1 N–H and O–H groups in total. The van der Waals surface area contributed by atoms with Gasteiger partial charge in [0.05, 0.1) is 18.3 Å². The van der Waals surface area contributed by atoms with Gasteiger partial charge in [-0.3, -0.25) is 14.4 Å². The van der Waals surface area contributed by atoms with Crippen LogP contribution < -0.4 is 0 Å². The highest BCUT2D eigenvalue weighted by molar-refractivity contribution is 5.69. The molecule has 1 heterocycles. The number of carboxylic acids is 1. The van der Waals surface area contributed by atoms with Crippen LogP contribution in [0.3, 0.4) is 0 Å². The quantitative estimate of drug-likeness (QED) is 0.875. The number of hydrogen-bond donors (Lipinski definition) is 1. The van der Waals surface area contributed by atoms with Gasteiger partial charge in [-0.05, 0) is 31.7 Å². The van der Waals surface area contributed by atoms with Crippen LogP contribution in [-0.2, 0) is 11.3 Å². The first-order valence-electron chi connectivity index (χ1n) is 8.22. The number of nitrogens with zero attached hydrogens (tertiary/aromatic N) is 3. The number of hydrogen-bond acceptors (Lipinski definition) is 3. The summed E-state index contributed by atoms with van der Waals surface area (Å²) in [6, 6.07) is 3.03. The van der Waals surface area contributed by atoms with Gasteiger partial charge in [0.25, 0.3) is 0 Å². The molecule has 0 aliphatic heterocycles. The van der Waals surface area contributed by atoms with E-state index >= 15 is 0 Å². The average Bonchev–Trinajstić information content (AvgIpc) is 3.20. The van der Waals surface area contributed by atoms with Crippen molar-refractivity contribution < 1.29 is 9.90 Å². The Bertz CT molecular complexity index is 474. The molecule has 1 aromatic rings. The largest absolute Gasteiger partial charge is 0.480 e. The Labute approximate surface area is 125 Å². The molecular formula is C16H25N3O2. The molecule has 0 spiro atoms. The Morgan fingerprint density at radius 1 is 1.24 bits per heavy atom. The third-order valence-corrected chi connectivity index (χ3v) is 4.91. The van der Waals surface area contributed by atoms with Gasteiger partial charge < -0.3 is 5.11 Å². The summed E-state index contributed by atoms with van der Waals surface area (Å²) in [7, 11) is 0. The van der Waals surface area contributed by atoms with Gasteiger partial charge in [0, 0.05) is 18.8 Å². The van der Waals surface area contributed by atoms with Crippen LogP contribution >= 0.6 is 0 Å². The number of carboxylic acid groups (broad SMARTS) is 1. The van der Waals surface area contributed by atoms with Crippen LogP contribution in [0.15, 0.2) is 12.3 Å². The molecule has 0 radical (unpaired) electrons. The lowest BCUT2D eigenvalue weighted by atomic mass is 10.2. The molecule has 0 atom stereocenters. The predicted molar refractivity (Wildman–Crippen MR) is 80.0 cm³/mol. The van der Waals surface area contributed by atoms with Crippen molar-refractivity contribution in [3.8, 4) is 0 Å². The van der Waals surface area contributed by atoms with E-state index < -0.39 is 5.97 Å². The first kappa shape index (κ1) is 14.6. The summed E-state index contributed by atoms with van der Waals surface area (Å²) in [5.41, 5.74) is 1.01. The van der Waals surface area contributed by atoms with Crippen molar-refractivity contribution in [3.63, 3.8) is 0 Å². The van der Waals surface area contributed by atoms with Crippen molar-refractivity contribution in [3.05, 3.63) is 18.0 Å². The maximum atomic E-state index is 11.1. The molecule has 2 aliphatic rings. The van der Waals surface area contributed by atoms with Gasteiger partial charge in [-0.25, -0.2) is 0 Å². The van der Waals surface area contributed by atoms with E-state index in [4.69, 9.17) is 10.2 Å². The molecule has 21 heavy (non-hydrogen) atoms. The van der Waals surface area contributed by atoms with Gasteiger partial charge in [0.15, 0.2) is 0 Å². The van der Waals surface area contributed by atoms with Gasteiger partial charge in [-0.1, -0.05) is 25.7 Å². The summed E-state index contributed by atoms with van der Waals surface area (Å²) < 4.78 is 2.09. The molecule has 0 aromatic carbocycles. The summed E-state index contributed by atoms with van der Waals surface area (Å²) in [5.74, 6) is -0.739. The Kier molecular flexibility index (Phi) is 4.58. The minimum atomic E-state index is -0.739. The van der Waals surface area contributed by atoms with Crippen LogP contribution in [-0.4, -0.2) is 38.3 Å². The monoisotopic (exact) mass is 291 g/mol. The second kappa shape index (κ2) is 6.60. The fraction of sp³-hybridized carbons (Fsp3) is 0.750. The first-order valence-corrected chi connectivity index (χ1v) is 8.22. The number of rotatable bonds is 6. The molecular weight excluding hydrogens is 266 g/mol. The fourth-order valence-electron chi connectivity index (χ4n) is 3.80. The second-order valence-electron chi connectivity index (χ2n) is 6.46. The lowest BCUT2D eigenvalue weighted by molar-refractivity contribution is -0.139. The van der Waals surface area contributed by atoms with Gasteiger partial charge in [-0.15, -0.1) is 0 Å². The maximum Gasteiger partial charge on any atom is 0.317 e. The minimum Gasteiger partial charge on any atom is -0.480 e. The molecule has 116 valence electrons. The smallest absolute Gasteiger partial charge is 0.317 e. The van der Waals surface area contributed by atoms with E-state index in [-0.39, 0.29) is 6.54 Å². The van der Waals surface area contributed by atoms with Crippen molar-refractivity contribution in [1.82, 2.24) is 14.7 Å². The maximum absolute atomic E-state index is 11.1. The predicted octanol–water partition coefficient (Wildman–Crippen LogP) is 2.83. The molecule has 5 nitrogen and oxygen atoms in total. The van der Waals surface area contributed by atoms with Gasteiger partial charge in [-0.2, -0.15) is 5.10 Å². The van der Waals surface area contributed by atoms with Crippen LogP contribution in [0.1, 0.15) is 63.1 Å². The zero-order valence-corrected chi connectivity index (χ0v) is 12.6. The molecule has 1 aromatic heterocycles. The second-order valence-corrected chi connectivity index (χ2v) is 6.46. The Morgan fingerprint density at radius 3 is 2.57 bits per heavy atom. The minimum absolute atomic E-state index is 0.126. The zero-order valence-electron chi connectivity index (χ0n) is 12.6. The van der Waals surface area contributed by atoms with Crippen LogP contribution in [0.4, 0.5) is 0 Å². The number of aromatic nitrogens is 2. The van der Waals surface area contributed by atoms with E-state index in [2.05, 4.69) is 21.8 Å². The SMILES string of the molecule is O=C(O)CN(Cc1ccn(C2CCCC2)n1)C1CCCC1. The Morgan fingerprint density at radius 2 is 1.90 bits per heavy atom. The summed E-state index contributed by atoms with van der Waals surface area (Å²) in [6.07, 6.45) is 11.8. The Balaban J connectivity index is 1.65. The van der Waals surface area contributed by atoms with Crippen LogP contribution in [0, 0.1) is 0 Å². The van der Waals surface area contributed by atoms with E-state index in [0.717, 1.165) is 18.5 Å². The van der Waals surface area contributed by atoms with Crippen molar-refractivity contribution in [2.75, 3.05) is 6.54 Å². The zero-order chi connectivity index (χ0) is 14.7. The summed E-state index contributed by atoms with van der Waals surface area (Å²) >= 11 is 0. The van der Waals surface area contributed by atoms with Gasteiger partial charge >= 0.3 is 5.97 Å². The molecule has 0 amide bonds. The molecule has 2 saturated carbocycles. The molecule has 0 saturated heterocycles. The van der Waals surface area contributed by atoms with E-state index in [9.17, 15) is 4.79 Å². The van der Waals surface area contributed by atoms with Crippen molar-refractivity contribution in [1.29, 1.82) is 0 Å². The third kappa shape index (κ3) is 3.64. The third-order valence-electron chi connectivity index (χ3n) is 4.91. The van der Waals surface area contributed by atoms with Crippen molar-refractivity contribution >= 4 is 5.97 Å².